The van der Waals surface area contributed by atoms with Crippen molar-refractivity contribution in [2.24, 2.45) is 4.99 Å². The van der Waals surface area contributed by atoms with Gasteiger partial charge in [0.2, 0.25) is 5.91 Å². The van der Waals surface area contributed by atoms with Crippen molar-refractivity contribution in [3.63, 3.8) is 0 Å². The first-order chi connectivity index (χ1) is 12.0. The Morgan fingerprint density at radius 1 is 1.31 bits per heavy atom. The van der Waals surface area contributed by atoms with E-state index in [1.807, 2.05) is 38.1 Å². The summed E-state index contributed by atoms with van der Waals surface area (Å²) in [4.78, 5) is 17.7. The van der Waals surface area contributed by atoms with Crippen LogP contribution in [0.1, 0.15) is 30.2 Å². The number of aliphatic imine (C=N–C) groups is 1. The molecular weight excluding hydrogens is 447 g/mol. The first-order valence-electron chi connectivity index (χ1n) is 8.29. The summed E-state index contributed by atoms with van der Waals surface area (Å²) in [5.74, 6) is 3.07. The van der Waals surface area contributed by atoms with E-state index in [4.69, 9.17) is 8.83 Å². The number of guanidine groups is 1. The maximum absolute atomic E-state index is 11.8. The van der Waals surface area contributed by atoms with Crippen LogP contribution in [0.4, 0.5) is 0 Å². The van der Waals surface area contributed by atoms with Crippen LogP contribution in [0.2, 0.25) is 0 Å². The molecule has 1 unspecified atom stereocenters. The van der Waals surface area contributed by atoms with Crippen molar-refractivity contribution in [1.29, 1.82) is 0 Å². The highest BCUT2D eigenvalue weighted by atomic mass is 127. The van der Waals surface area contributed by atoms with Crippen molar-refractivity contribution < 1.29 is 13.6 Å². The molecule has 0 bridgehead atoms. The molecule has 2 heterocycles. The van der Waals surface area contributed by atoms with Crippen LogP contribution in [0.25, 0.3) is 0 Å². The molecule has 0 fully saturated rings. The lowest BCUT2D eigenvalue weighted by Crippen LogP contribution is -2.40. The lowest BCUT2D eigenvalue weighted by molar-refractivity contribution is -0.127. The molecule has 1 amide bonds. The molecule has 2 N–H and O–H groups in total. The minimum atomic E-state index is -0.0713. The van der Waals surface area contributed by atoms with E-state index in [1.54, 1.807) is 20.4 Å². The Balaban J connectivity index is 0.00000338. The number of likely N-dealkylation sites (N-methyl/N-ethyl adjacent to an activating group) is 1. The van der Waals surface area contributed by atoms with Gasteiger partial charge in [0.05, 0.1) is 12.3 Å². The normalized spacial score (nSPS) is 12.2. The van der Waals surface area contributed by atoms with Gasteiger partial charge in [0, 0.05) is 27.1 Å². The fraction of sp³-hybridized carbons (Fsp3) is 0.444. The van der Waals surface area contributed by atoms with Gasteiger partial charge in [0.1, 0.15) is 23.8 Å². The number of amides is 1. The van der Waals surface area contributed by atoms with Crippen molar-refractivity contribution in [2.45, 2.75) is 26.3 Å². The van der Waals surface area contributed by atoms with Gasteiger partial charge in [-0.15, -0.1) is 24.0 Å². The van der Waals surface area contributed by atoms with Crippen LogP contribution in [-0.2, 0) is 11.2 Å². The summed E-state index contributed by atoms with van der Waals surface area (Å²) in [6.07, 6.45) is 2.38. The first kappa shape index (κ1) is 22.1. The fourth-order valence-corrected chi connectivity index (χ4v) is 2.16. The number of furan rings is 2. The summed E-state index contributed by atoms with van der Waals surface area (Å²) in [7, 11) is 3.42. The highest BCUT2D eigenvalue weighted by Crippen LogP contribution is 2.15. The molecule has 2 aromatic rings. The molecule has 26 heavy (non-hydrogen) atoms. The second-order valence-electron chi connectivity index (χ2n) is 6.02. The van der Waals surface area contributed by atoms with Gasteiger partial charge in [-0.3, -0.25) is 4.79 Å². The van der Waals surface area contributed by atoms with Crippen LogP contribution >= 0.6 is 24.0 Å². The fourth-order valence-electron chi connectivity index (χ4n) is 2.16. The first-order valence-corrected chi connectivity index (χ1v) is 8.29. The third-order valence-electron chi connectivity index (χ3n) is 3.66. The molecule has 0 aliphatic carbocycles. The van der Waals surface area contributed by atoms with Crippen LogP contribution in [0.5, 0.6) is 0 Å². The lowest BCUT2D eigenvalue weighted by Gasteiger charge is -2.17. The summed E-state index contributed by atoms with van der Waals surface area (Å²) < 4.78 is 11.0. The van der Waals surface area contributed by atoms with Gasteiger partial charge >= 0.3 is 0 Å². The number of halogens is 1. The Morgan fingerprint density at radius 2 is 2.08 bits per heavy atom. The van der Waals surface area contributed by atoms with Crippen LogP contribution in [0.3, 0.4) is 0 Å². The summed E-state index contributed by atoms with van der Waals surface area (Å²) in [6.45, 7) is 4.60. The van der Waals surface area contributed by atoms with Crippen molar-refractivity contribution in [2.75, 3.05) is 27.2 Å². The minimum absolute atomic E-state index is 0. The van der Waals surface area contributed by atoms with Gasteiger partial charge in [-0.25, -0.2) is 4.99 Å². The van der Waals surface area contributed by atoms with Crippen molar-refractivity contribution >= 4 is 35.8 Å². The number of hydrogen-bond donors (Lipinski definition) is 2. The predicted molar refractivity (Wildman–Crippen MR) is 112 cm³/mol. The monoisotopic (exact) mass is 474 g/mol. The SMILES string of the molecule is Cc1ccc(C(C)NC(=NCC(=O)N(C)C)NCCc2ccco2)o1.I. The third kappa shape index (κ3) is 7.11. The van der Waals surface area contributed by atoms with E-state index in [0.717, 1.165) is 23.7 Å². The molecule has 0 aromatic carbocycles. The molecule has 144 valence electrons. The summed E-state index contributed by atoms with van der Waals surface area (Å²) in [5, 5.41) is 6.49. The number of carbonyl (C=O) groups excluding carboxylic acids is 1. The summed E-state index contributed by atoms with van der Waals surface area (Å²) in [5.41, 5.74) is 0. The van der Waals surface area contributed by atoms with Crippen LogP contribution < -0.4 is 10.6 Å². The van der Waals surface area contributed by atoms with E-state index >= 15 is 0 Å². The molecule has 1 atom stereocenters. The molecule has 0 spiro atoms. The molecule has 7 nitrogen and oxygen atoms in total. The Morgan fingerprint density at radius 3 is 2.65 bits per heavy atom. The third-order valence-corrected chi connectivity index (χ3v) is 3.66. The number of hydrogen-bond acceptors (Lipinski definition) is 4. The molecule has 8 heteroatoms. The molecule has 0 aliphatic rings. The molecule has 2 aromatic heterocycles. The maximum atomic E-state index is 11.8. The number of carbonyl (C=O) groups is 1. The van der Waals surface area contributed by atoms with Gasteiger partial charge in [0.15, 0.2) is 5.96 Å². The molecule has 0 radical (unpaired) electrons. The molecule has 0 saturated carbocycles. The van der Waals surface area contributed by atoms with Gasteiger partial charge < -0.3 is 24.4 Å². The van der Waals surface area contributed by atoms with Crippen molar-refractivity contribution in [3.05, 3.63) is 47.8 Å². The van der Waals surface area contributed by atoms with Crippen LogP contribution in [-0.4, -0.2) is 44.0 Å². The Kier molecular flexibility index (Phi) is 9.25. The van der Waals surface area contributed by atoms with E-state index in [1.165, 1.54) is 4.90 Å². The van der Waals surface area contributed by atoms with Crippen molar-refractivity contribution in [1.82, 2.24) is 15.5 Å². The van der Waals surface area contributed by atoms with Crippen molar-refractivity contribution in [3.8, 4) is 0 Å². The Bertz CT molecular complexity index is 695. The van der Waals surface area contributed by atoms with E-state index in [9.17, 15) is 4.79 Å². The van der Waals surface area contributed by atoms with E-state index in [2.05, 4.69) is 15.6 Å². The zero-order valence-electron chi connectivity index (χ0n) is 15.6. The van der Waals surface area contributed by atoms with Crippen LogP contribution in [0, 0.1) is 6.92 Å². The average molecular weight is 474 g/mol. The molecular formula is C18H27IN4O3. The second kappa shape index (κ2) is 10.9. The van der Waals surface area contributed by atoms with Gasteiger partial charge in [-0.05, 0) is 38.1 Å². The Hall–Kier alpha value is -1.97. The van der Waals surface area contributed by atoms with E-state index in [-0.39, 0.29) is 42.5 Å². The number of aryl methyl sites for hydroxylation is 1. The average Bonchev–Trinajstić information content (AvgIpc) is 3.23. The molecule has 0 aliphatic heterocycles. The number of nitrogens with zero attached hydrogens (tertiary/aromatic N) is 2. The zero-order chi connectivity index (χ0) is 18.2. The van der Waals surface area contributed by atoms with Crippen LogP contribution in [0.15, 0.2) is 44.4 Å². The quantitative estimate of drug-likeness (QED) is 0.367. The largest absolute Gasteiger partial charge is 0.469 e. The molecule has 0 saturated heterocycles. The predicted octanol–water partition coefficient (Wildman–Crippen LogP) is 2.73. The minimum Gasteiger partial charge on any atom is -0.469 e. The smallest absolute Gasteiger partial charge is 0.243 e. The highest BCUT2D eigenvalue weighted by molar-refractivity contribution is 14.0. The van der Waals surface area contributed by atoms with Gasteiger partial charge in [-0.2, -0.15) is 0 Å². The number of rotatable bonds is 7. The topological polar surface area (TPSA) is 83.0 Å². The van der Waals surface area contributed by atoms with Gasteiger partial charge in [-0.1, -0.05) is 0 Å². The summed E-state index contributed by atoms with van der Waals surface area (Å²) >= 11 is 0. The summed E-state index contributed by atoms with van der Waals surface area (Å²) in [6, 6.07) is 7.57. The molecule has 2 rings (SSSR count). The van der Waals surface area contributed by atoms with E-state index < -0.39 is 0 Å². The standard InChI is InChI=1S/C18H26N4O3.HI/c1-13-7-8-16(25-13)14(2)21-18(20-12-17(23)22(3)4)19-10-9-15-6-5-11-24-15;/h5-8,11,14H,9-10,12H2,1-4H3,(H2,19,20,21);1H. The van der Waals surface area contributed by atoms with Gasteiger partial charge in [0.25, 0.3) is 0 Å². The zero-order valence-corrected chi connectivity index (χ0v) is 17.9. The highest BCUT2D eigenvalue weighted by Gasteiger charge is 2.12. The lowest BCUT2D eigenvalue weighted by atomic mass is 10.2. The maximum Gasteiger partial charge on any atom is 0.243 e. The van der Waals surface area contributed by atoms with E-state index in [0.29, 0.717) is 12.5 Å². The second-order valence-corrected chi connectivity index (χ2v) is 6.02. The Labute approximate surface area is 171 Å². The number of nitrogens with one attached hydrogen (secondary N) is 2.